The van der Waals surface area contributed by atoms with Gasteiger partial charge in [-0.1, -0.05) is 5.11 Å². The average molecular weight is 292 g/mol. The number of imidazole rings is 1. The molecule has 0 aliphatic carbocycles. The second-order valence-corrected chi connectivity index (χ2v) is 4.59. The molecule has 1 fully saturated rings. The summed E-state index contributed by atoms with van der Waals surface area (Å²) < 4.78 is 7.16. The zero-order valence-electron chi connectivity index (χ0n) is 10.7. The van der Waals surface area contributed by atoms with Gasteiger partial charge in [0.15, 0.2) is 11.2 Å². The first-order valence-corrected chi connectivity index (χ1v) is 6.17. The van der Waals surface area contributed by atoms with Crippen LogP contribution in [0.3, 0.4) is 0 Å². The topological polar surface area (TPSA) is 168 Å². The molecule has 0 radical (unpaired) electrons. The summed E-state index contributed by atoms with van der Waals surface area (Å²) in [6.45, 7) is -0.275. The summed E-state index contributed by atoms with van der Waals surface area (Å²) in [5.74, 6) is -0.0300. The Morgan fingerprint density at radius 1 is 1.71 bits per heavy atom. The average Bonchev–Trinajstić information content (AvgIpc) is 3.02. The lowest BCUT2D eigenvalue weighted by molar-refractivity contribution is -0.0232. The fourth-order valence-corrected chi connectivity index (χ4v) is 2.39. The van der Waals surface area contributed by atoms with Gasteiger partial charge in [0.25, 0.3) is 5.56 Å². The van der Waals surface area contributed by atoms with Crippen molar-refractivity contribution in [3.63, 3.8) is 0 Å². The molecular weight excluding hydrogens is 280 g/mol. The van der Waals surface area contributed by atoms with Crippen molar-refractivity contribution in [1.29, 1.82) is 0 Å². The maximum absolute atomic E-state index is 11.7. The number of aromatic amines is 1. The molecule has 3 atom stereocenters. The molecule has 4 N–H and O–H groups in total. The molecule has 0 saturated carbocycles. The first kappa shape index (κ1) is 13.4. The molecule has 1 saturated heterocycles. The minimum Gasteiger partial charge on any atom is -0.394 e. The predicted molar refractivity (Wildman–Crippen MR) is 71.1 cm³/mol. The summed E-state index contributed by atoms with van der Waals surface area (Å²) in [6, 6.07) is -0.498. The second kappa shape index (κ2) is 5.05. The van der Waals surface area contributed by atoms with Crippen molar-refractivity contribution in [2.75, 3.05) is 12.3 Å². The predicted octanol–water partition coefficient (Wildman–Crippen LogP) is -0.340. The van der Waals surface area contributed by atoms with E-state index in [0.29, 0.717) is 6.42 Å². The number of nitrogens with zero attached hydrogens (tertiary/aromatic N) is 6. The van der Waals surface area contributed by atoms with E-state index in [1.807, 2.05) is 0 Å². The number of anilines is 1. The molecule has 2 aromatic rings. The van der Waals surface area contributed by atoms with Crippen LogP contribution in [-0.4, -0.2) is 43.4 Å². The summed E-state index contributed by atoms with van der Waals surface area (Å²) in [5.41, 5.74) is 14.0. The van der Waals surface area contributed by atoms with Crippen LogP contribution in [0, 0.1) is 0 Å². The van der Waals surface area contributed by atoms with Gasteiger partial charge in [0.2, 0.25) is 5.95 Å². The normalized spacial score (nSPS) is 25.1. The third-order valence-electron chi connectivity index (χ3n) is 3.34. The van der Waals surface area contributed by atoms with Crippen LogP contribution in [0.25, 0.3) is 21.6 Å². The number of hydrogen-bond donors (Lipinski definition) is 3. The maximum Gasteiger partial charge on any atom is 0.280 e. The van der Waals surface area contributed by atoms with Crippen molar-refractivity contribution < 1.29 is 9.84 Å². The molecule has 1 aliphatic heterocycles. The van der Waals surface area contributed by atoms with Crippen molar-refractivity contribution in [3.05, 3.63) is 27.1 Å². The van der Waals surface area contributed by atoms with Crippen LogP contribution in [0.1, 0.15) is 12.6 Å². The lowest BCUT2D eigenvalue weighted by Crippen LogP contribution is -2.23. The zero-order chi connectivity index (χ0) is 15.0. The van der Waals surface area contributed by atoms with Crippen LogP contribution in [-0.2, 0) is 4.74 Å². The molecule has 0 amide bonds. The molecular formula is C10H12N8O3. The van der Waals surface area contributed by atoms with Gasteiger partial charge in [0.1, 0.15) is 6.23 Å². The van der Waals surface area contributed by atoms with Gasteiger partial charge in [0.05, 0.1) is 25.1 Å². The molecule has 110 valence electrons. The highest BCUT2D eigenvalue weighted by Crippen LogP contribution is 2.32. The minimum absolute atomic E-state index is 0.0300. The molecule has 2 aromatic heterocycles. The van der Waals surface area contributed by atoms with Crippen LogP contribution >= 0.6 is 0 Å². The Labute approximate surface area is 117 Å². The van der Waals surface area contributed by atoms with Gasteiger partial charge in [-0.3, -0.25) is 14.3 Å². The summed E-state index contributed by atoms with van der Waals surface area (Å²) in [5, 5.41) is 12.9. The van der Waals surface area contributed by atoms with Crippen LogP contribution in [0.2, 0.25) is 0 Å². The number of H-pyrrole nitrogens is 1. The third kappa shape index (κ3) is 2.18. The Morgan fingerprint density at radius 3 is 3.24 bits per heavy atom. The van der Waals surface area contributed by atoms with Gasteiger partial charge in [-0.15, -0.1) is 0 Å². The monoisotopic (exact) mass is 292 g/mol. The molecule has 0 aromatic carbocycles. The Hall–Kier alpha value is -2.62. The number of fused-ring (bicyclic) bond motifs is 1. The van der Waals surface area contributed by atoms with Gasteiger partial charge in [-0.2, -0.15) is 4.98 Å². The number of nitrogens with two attached hydrogens (primary N) is 1. The molecule has 0 bridgehead atoms. The summed E-state index contributed by atoms with van der Waals surface area (Å²) in [4.78, 5) is 24.8. The van der Waals surface area contributed by atoms with Gasteiger partial charge in [-0.25, -0.2) is 4.98 Å². The number of hydrogen-bond acceptors (Lipinski definition) is 7. The fourth-order valence-electron chi connectivity index (χ4n) is 2.39. The minimum atomic E-state index is -0.609. The molecule has 11 heteroatoms. The Bertz CT molecular complexity index is 776. The van der Waals surface area contributed by atoms with E-state index in [9.17, 15) is 9.90 Å². The summed E-state index contributed by atoms with van der Waals surface area (Å²) in [7, 11) is 0. The highest BCUT2D eigenvalue weighted by molar-refractivity contribution is 5.70. The first-order chi connectivity index (χ1) is 10.1. The number of aliphatic hydroxyl groups excluding tert-OH is 1. The molecule has 1 aliphatic rings. The van der Waals surface area contributed by atoms with Crippen molar-refractivity contribution in [2.45, 2.75) is 24.8 Å². The molecule has 21 heavy (non-hydrogen) atoms. The van der Waals surface area contributed by atoms with E-state index in [1.165, 1.54) is 10.9 Å². The van der Waals surface area contributed by atoms with Gasteiger partial charge in [0, 0.05) is 11.3 Å². The van der Waals surface area contributed by atoms with E-state index in [4.69, 9.17) is 16.0 Å². The fraction of sp³-hybridized carbons (Fsp3) is 0.500. The van der Waals surface area contributed by atoms with Crippen molar-refractivity contribution >= 4 is 17.1 Å². The Kier molecular flexibility index (Phi) is 3.22. The van der Waals surface area contributed by atoms with Crippen molar-refractivity contribution in [1.82, 2.24) is 19.5 Å². The van der Waals surface area contributed by atoms with Gasteiger partial charge >= 0.3 is 0 Å². The highest BCUT2D eigenvalue weighted by Gasteiger charge is 2.36. The largest absolute Gasteiger partial charge is 0.394 e. The number of rotatable bonds is 3. The van der Waals surface area contributed by atoms with E-state index in [2.05, 4.69) is 25.0 Å². The molecule has 0 spiro atoms. The van der Waals surface area contributed by atoms with Crippen LogP contribution in [0.4, 0.5) is 5.95 Å². The Morgan fingerprint density at radius 2 is 2.52 bits per heavy atom. The van der Waals surface area contributed by atoms with Crippen LogP contribution in [0.5, 0.6) is 0 Å². The number of nitrogens with one attached hydrogen (secondary N) is 1. The maximum atomic E-state index is 11.7. The summed E-state index contributed by atoms with van der Waals surface area (Å²) in [6.07, 6.45) is 0.595. The van der Waals surface area contributed by atoms with Crippen LogP contribution < -0.4 is 11.3 Å². The number of aliphatic hydroxyl groups is 1. The second-order valence-electron chi connectivity index (χ2n) is 4.59. The smallest absolute Gasteiger partial charge is 0.280 e. The lowest BCUT2D eigenvalue weighted by Gasteiger charge is -2.13. The van der Waals surface area contributed by atoms with Crippen molar-refractivity contribution in [3.8, 4) is 0 Å². The molecule has 3 heterocycles. The van der Waals surface area contributed by atoms with E-state index >= 15 is 0 Å². The first-order valence-electron chi connectivity index (χ1n) is 6.17. The Balaban J connectivity index is 2.02. The quantitative estimate of drug-likeness (QED) is 0.397. The van der Waals surface area contributed by atoms with Gasteiger partial charge < -0.3 is 15.6 Å². The van der Waals surface area contributed by atoms with Crippen LogP contribution in [0.15, 0.2) is 16.2 Å². The zero-order valence-corrected chi connectivity index (χ0v) is 10.7. The number of aromatic nitrogens is 4. The van der Waals surface area contributed by atoms with E-state index in [0.717, 1.165) is 0 Å². The summed E-state index contributed by atoms with van der Waals surface area (Å²) >= 11 is 0. The number of ether oxygens (including phenoxy) is 1. The third-order valence-corrected chi connectivity index (χ3v) is 3.34. The van der Waals surface area contributed by atoms with E-state index < -0.39 is 23.9 Å². The van der Waals surface area contributed by atoms with E-state index in [-0.39, 0.29) is 23.7 Å². The number of nitrogen functional groups attached to an aromatic ring is 1. The van der Waals surface area contributed by atoms with Gasteiger partial charge in [-0.05, 0) is 5.53 Å². The molecule has 11 nitrogen and oxygen atoms in total. The lowest BCUT2D eigenvalue weighted by atomic mass is 10.1. The highest BCUT2D eigenvalue weighted by atomic mass is 16.5. The standard InChI is InChI=1S/C10H12N8O3/c11-10-14-8-7(9(20)15-10)13-3-18(8)6-1-4(16-17-12)5(2-19)21-6/h3-6,19H,1-2H2,(H3,11,14,15,20)/t4-,5+,6+/m1/s1. The van der Waals surface area contributed by atoms with E-state index in [1.54, 1.807) is 0 Å². The molecule has 0 unspecified atom stereocenters. The SMILES string of the molecule is [N-]=[N+]=N[C@@H]1C[C@@H](n2cnc3c(=O)[nH]c(N)nc32)O[C@H]1CO. The number of azide groups is 1. The molecule has 3 rings (SSSR count). The van der Waals surface area contributed by atoms with Crippen molar-refractivity contribution in [2.24, 2.45) is 5.11 Å².